The van der Waals surface area contributed by atoms with E-state index >= 15 is 0 Å². The number of aryl methyl sites for hydroxylation is 1. The maximum absolute atomic E-state index is 12.5. The van der Waals surface area contributed by atoms with E-state index < -0.39 is 0 Å². The molecular formula is C23H20AsN2O2. The first kappa shape index (κ1) is 18.4. The topological polar surface area (TPSA) is 75.4 Å². The molecule has 0 saturated heterocycles. The van der Waals surface area contributed by atoms with Crippen molar-refractivity contribution in [2.24, 2.45) is 0 Å². The van der Waals surface area contributed by atoms with Gasteiger partial charge in [-0.15, -0.1) is 0 Å². The van der Waals surface area contributed by atoms with E-state index in [1.54, 1.807) is 6.07 Å². The van der Waals surface area contributed by atoms with Gasteiger partial charge in [0.15, 0.2) is 0 Å². The standard InChI is InChI=1S/C23H20AsN2O2/c1-14-5-7-17(12-22(14)27)24-13-20-19-11-16(6-8-21(19)26-23(20)28)9-15-3-2-4-18(25)10-15/h2-8,10-13,27H,9,25H2,1H3,(H,26,28). The molecule has 1 radical (unpaired) electrons. The molecule has 3 aromatic carbocycles. The van der Waals surface area contributed by atoms with Crippen LogP contribution >= 0.6 is 0 Å². The van der Waals surface area contributed by atoms with Crippen LogP contribution in [0, 0.1) is 6.92 Å². The summed E-state index contributed by atoms with van der Waals surface area (Å²) in [5.74, 6) is 0.231. The Hall–Kier alpha value is -2.97. The summed E-state index contributed by atoms with van der Waals surface area (Å²) in [5.41, 5.74) is 12.3. The molecule has 139 valence electrons. The van der Waals surface area contributed by atoms with Crippen LogP contribution in [-0.2, 0) is 11.2 Å². The van der Waals surface area contributed by atoms with E-state index in [1.807, 2.05) is 54.3 Å². The summed E-state index contributed by atoms with van der Waals surface area (Å²) in [5, 5.41) is 12.8. The Labute approximate surface area is 170 Å². The van der Waals surface area contributed by atoms with Crippen LogP contribution in [0.1, 0.15) is 22.3 Å². The molecule has 1 heterocycles. The van der Waals surface area contributed by atoms with Crippen LogP contribution in [0.2, 0.25) is 0 Å². The van der Waals surface area contributed by atoms with Gasteiger partial charge in [-0.3, -0.25) is 0 Å². The van der Waals surface area contributed by atoms with Gasteiger partial charge in [-0.05, 0) is 0 Å². The molecule has 28 heavy (non-hydrogen) atoms. The number of nitrogens with one attached hydrogen (secondary N) is 1. The number of phenolic OH excluding ortho intramolecular Hbond substituents is 1. The van der Waals surface area contributed by atoms with Crippen LogP contribution < -0.4 is 15.4 Å². The Kier molecular flexibility index (Phi) is 4.97. The van der Waals surface area contributed by atoms with E-state index in [0.717, 1.165) is 44.4 Å². The van der Waals surface area contributed by atoms with Crippen LogP contribution in [0.3, 0.4) is 0 Å². The van der Waals surface area contributed by atoms with Crippen molar-refractivity contribution in [3.05, 3.63) is 87.8 Å². The molecule has 1 amide bonds. The summed E-state index contributed by atoms with van der Waals surface area (Å²) in [6.45, 7) is 1.87. The number of fused-ring (bicyclic) bond motifs is 1. The van der Waals surface area contributed by atoms with Crippen molar-refractivity contribution in [2.75, 3.05) is 11.1 Å². The summed E-state index contributed by atoms with van der Waals surface area (Å²) in [6, 6.07) is 19.6. The molecule has 0 spiro atoms. The number of hydrogen-bond donors (Lipinski definition) is 3. The molecule has 0 atom stereocenters. The number of benzene rings is 3. The zero-order valence-electron chi connectivity index (χ0n) is 15.4. The van der Waals surface area contributed by atoms with Gasteiger partial charge in [0.05, 0.1) is 0 Å². The van der Waals surface area contributed by atoms with Crippen molar-refractivity contribution >= 4 is 43.0 Å². The van der Waals surface area contributed by atoms with Crippen molar-refractivity contribution in [3.8, 4) is 5.75 Å². The Morgan fingerprint density at radius 1 is 1.07 bits per heavy atom. The van der Waals surface area contributed by atoms with Crippen LogP contribution in [0.15, 0.2) is 65.5 Å². The number of nitrogens with two attached hydrogens (primary N) is 1. The van der Waals surface area contributed by atoms with Gasteiger partial charge < -0.3 is 0 Å². The predicted molar refractivity (Wildman–Crippen MR) is 115 cm³/mol. The fourth-order valence-corrected chi connectivity index (χ4v) is 5.10. The van der Waals surface area contributed by atoms with E-state index in [0.29, 0.717) is 11.3 Å². The Bertz CT molecular complexity index is 1110. The van der Waals surface area contributed by atoms with Gasteiger partial charge in [0.2, 0.25) is 0 Å². The molecule has 4 rings (SSSR count). The van der Waals surface area contributed by atoms with Crippen molar-refractivity contribution in [2.45, 2.75) is 13.3 Å². The first-order valence-corrected chi connectivity index (χ1v) is 11.0. The molecule has 3 aromatic rings. The summed E-state index contributed by atoms with van der Waals surface area (Å²) in [6.07, 6.45) is 0.763. The molecule has 1 aliphatic heterocycles. The Morgan fingerprint density at radius 3 is 2.68 bits per heavy atom. The van der Waals surface area contributed by atoms with Crippen molar-refractivity contribution in [3.63, 3.8) is 0 Å². The van der Waals surface area contributed by atoms with Crippen molar-refractivity contribution in [1.29, 1.82) is 0 Å². The quantitative estimate of drug-likeness (QED) is 0.338. The average molecular weight is 431 g/mol. The molecule has 5 heteroatoms. The van der Waals surface area contributed by atoms with Gasteiger partial charge >= 0.3 is 171 Å². The molecule has 0 aromatic heterocycles. The van der Waals surface area contributed by atoms with Crippen molar-refractivity contribution < 1.29 is 9.90 Å². The van der Waals surface area contributed by atoms with Gasteiger partial charge in [0.25, 0.3) is 0 Å². The number of carbonyl (C=O) groups is 1. The average Bonchev–Trinajstić information content (AvgIpc) is 2.97. The van der Waals surface area contributed by atoms with Crippen LogP contribution in [-0.4, -0.2) is 26.8 Å². The number of amides is 1. The van der Waals surface area contributed by atoms with E-state index in [2.05, 4.69) is 17.4 Å². The summed E-state index contributed by atoms with van der Waals surface area (Å²) >= 11 is -0.368. The van der Waals surface area contributed by atoms with Crippen LogP contribution in [0.5, 0.6) is 5.75 Å². The molecule has 0 saturated carbocycles. The normalized spacial score (nSPS) is 14.6. The van der Waals surface area contributed by atoms with Crippen molar-refractivity contribution in [1.82, 2.24) is 0 Å². The molecule has 1 aliphatic rings. The second-order valence-corrected chi connectivity index (χ2v) is 9.07. The van der Waals surface area contributed by atoms with Gasteiger partial charge in [-0.25, -0.2) is 0 Å². The monoisotopic (exact) mass is 431 g/mol. The van der Waals surface area contributed by atoms with E-state index in [-0.39, 0.29) is 21.7 Å². The number of carbonyl (C=O) groups excluding carboxylic acids is 1. The number of aromatic hydroxyl groups is 1. The predicted octanol–water partition coefficient (Wildman–Crippen LogP) is 3.20. The third kappa shape index (κ3) is 3.83. The second kappa shape index (κ2) is 7.57. The SMILES string of the molecule is Cc1ccc([As]C=C2C(=O)Nc3ccc(Cc4cccc(N)c4)cc32)cc1O. The second-order valence-electron chi connectivity index (χ2n) is 6.90. The number of hydrogen-bond acceptors (Lipinski definition) is 3. The van der Waals surface area contributed by atoms with E-state index in [9.17, 15) is 9.90 Å². The molecule has 0 unspecified atom stereocenters. The minimum atomic E-state index is -0.368. The Balaban J connectivity index is 1.61. The first-order valence-electron chi connectivity index (χ1n) is 8.99. The molecule has 4 N–H and O–H groups in total. The number of anilines is 2. The van der Waals surface area contributed by atoms with E-state index in [4.69, 9.17) is 5.73 Å². The molecule has 0 aliphatic carbocycles. The Morgan fingerprint density at radius 2 is 1.89 bits per heavy atom. The maximum atomic E-state index is 12.5. The molecule has 0 bridgehead atoms. The van der Waals surface area contributed by atoms with E-state index in [1.165, 1.54) is 0 Å². The zero-order valence-corrected chi connectivity index (χ0v) is 17.3. The molecular weight excluding hydrogens is 411 g/mol. The van der Waals surface area contributed by atoms with Gasteiger partial charge in [-0.2, -0.15) is 0 Å². The van der Waals surface area contributed by atoms with Gasteiger partial charge in [-0.1, -0.05) is 0 Å². The fraction of sp³-hybridized carbons (Fsp3) is 0.0870. The number of rotatable bonds is 4. The number of nitrogen functional groups attached to an aromatic ring is 1. The molecule has 4 nitrogen and oxygen atoms in total. The summed E-state index contributed by atoms with van der Waals surface area (Å²) < 4.78 is 1.06. The first-order chi connectivity index (χ1) is 13.5. The summed E-state index contributed by atoms with van der Waals surface area (Å²) in [4.78, 5) is 14.5. The summed E-state index contributed by atoms with van der Waals surface area (Å²) in [7, 11) is 0. The third-order valence-electron chi connectivity index (χ3n) is 4.76. The third-order valence-corrected chi connectivity index (χ3v) is 6.78. The van der Waals surface area contributed by atoms with Gasteiger partial charge in [0, 0.05) is 0 Å². The number of phenols is 1. The molecule has 0 fully saturated rings. The minimum absolute atomic E-state index is 0.0669. The zero-order chi connectivity index (χ0) is 19.7. The fourth-order valence-electron chi connectivity index (χ4n) is 3.23. The van der Waals surface area contributed by atoms with Gasteiger partial charge in [0.1, 0.15) is 0 Å². The van der Waals surface area contributed by atoms with Crippen LogP contribution in [0.25, 0.3) is 5.57 Å². The van der Waals surface area contributed by atoms with Crippen LogP contribution in [0.4, 0.5) is 11.4 Å².